The van der Waals surface area contributed by atoms with Gasteiger partial charge in [-0.1, -0.05) is 6.58 Å². The molecule has 5 nitrogen and oxygen atoms in total. The van der Waals surface area contributed by atoms with E-state index < -0.39 is 5.97 Å². The molecule has 0 aromatic carbocycles. The van der Waals surface area contributed by atoms with Crippen LogP contribution in [0.3, 0.4) is 0 Å². The fourth-order valence-electron chi connectivity index (χ4n) is 0.537. The highest BCUT2D eigenvalue weighted by atomic mass is 16.5. The van der Waals surface area contributed by atoms with Crippen molar-refractivity contribution in [2.24, 2.45) is 5.84 Å². The second-order valence-electron chi connectivity index (χ2n) is 2.04. The number of nitrogens with two attached hydrogens (primary N) is 1. The minimum Gasteiger partial charge on any atom is -0.463 e. The third-order valence-electron chi connectivity index (χ3n) is 1.12. The highest BCUT2D eigenvalue weighted by molar-refractivity contribution is 5.81. The van der Waals surface area contributed by atoms with Crippen molar-refractivity contribution in [3.8, 4) is 0 Å². The van der Waals surface area contributed by atoms with Crippen LogP contribution >= 0.6 is 0 Å². The van der Waals surface area contributed by atoms with Gasteiger partial charge in [0.25, 0.3) is 0 Å². The molecule has 0 unspecified atom stereocenters. The van der Waals surface area contributed by atoms with Gasteiger partial charge in [0.05, 0.1) is 6.61 Å². The lowest BCUT2D eigenvalue weighted by Crippen LogP contribution is -2.29. The predicted octanol–water partition coefficient (Wildman–Crippen LogP) is -0.514. The highest BCUT2D eigenvalue weighted by Crippen LogP contribution is 1.90. The third kappa shape index (κ3) is 5.43. The van der Waals surface area contributed by atoms with Gasteiger partial charge in [-0.05, 0) is 6.42 Å². The SMILES string of the molecule is C=CC(=O)OCCCC(=O)NN. The number of esters is 1. The van der Waals surface area contributed by atoms with Crippen molar-refractivity contribution in [2.75, 3.05) is 6.61 Å². The van der Waals surface area contributed by atoms with Gasteiger partial charge >= 0.3 is 5.97 Å². The van der Waals surface area contributed by atoms with Crippen LogP contribution in [-0.2, 0) is 14.3 Å². The molecule has 0 atom stereocenters. The van der Waals surface area contributed by atoms with E-state index in [1.807, 2.05) is 5.43 Å². The van der Waals surface area contributed by atoms with E-state index in [4.69, 9.17) is 5.84 Å². The lowest BCUT2D eigenvalue weighted by molar-refractivity contribution is -0.138. The molecule has 0 aliphatic carbocycles. The Hall–Kier alpha value is -1.36. The Kier molecular flexibility index (Phi) is 5.64. The van der Waals surface area contributed by atoms with Crippen molar-refractivity contribution in [3.05, 3.63) is 12.7 Å². The molecule has 0 heterocycles. The molecule has 0 bridgehead atoms. The van der Waals surface area contributed by atoms with Crippen LogP contribution in [-0.4, -0.2) is 18.5 Å². The Bertz CT molecular complexity index is 179. The molecular weight excluding hydrogens is 160 g/mol. The zero-order valence-electron chi connectivity index (χ0n) is 6.71. The molecule has 3 N–H and O–H groups in total. The van der Waals surface area contributed by atoms with Crippen LogP contribution in [0.1, 0.15) is 12.8 Å². The maximum Gasteiger partial charge on any atom is 0.330 e. The summed E-state index contributed by atoms with van der Waals surface area (Å²) < 4.78 is 4.61. The largest absolute Gasteiger partial charge is 0.463 e. The lowest BCUT2D eigenvalue weighted by Gasteiger charge is -2.00. The number of amides is 1. The molecule has 0 aliphatic rings. The Labute approximate surface area is 70.5 Å². The van der Waals surface area contributed by atoms with Crippen molar-refractivity contribution in [1.82, 2.24) is 5.43 Å². The van der Waals surface area contributed by atoms with Crippen molar-refractivity contribution in [3.63, 3.8) is 0 Å². The van der Waals surface area contributed by atoms with Gasteiger partial charge in [-0.3, -0.25) is 10.2 Å². The van der Waals surface area contributed by atoms with E-state index in [9.17, 15) is 9.59 Å². The van der Waals surface area contributed by atoms with Gasteiger partial charge in [-0.2, -0.15) is 0 Å². The van der Waals surface area contributed by atoms with Crippen molar-refractivity contribution in [2.45, 2.75) is 12.8 Å². The molecular formula is C7H12N2O3. The van der Waals surface area contributed by atoms with Gasteiger partial charge < -0.3 is 4.74 Å². The monoisotopic (exact) mass is 172 g/mol. The van der Waals surface area contributed by atoms with Crippen molar-refractivity contribution in [1.29, 1.82) is 0 Å². The van der Waals surface area contributed by atoms with Crippen LogP contribution in [0.25, 0.3) is 0 Å². The molecule has 68 valence electrons. The minimum atomic E-state index is -0.483. The highest BCUT2D eigenvalue weighted by Gasteiger charge is 1.99. The zero-order valence-corrected chi connectivity index (χ0v) is 6.71. The van der Waals surface area contributed by atoms with E-state index in [1.54, 1.807) is 0 Å². The summed E-state index contributed by atoms with van der Waals surface area (Å²) in [5, 5.41) is 0. The van der Waals surface area contributed by atoms with Gasteiger partial charge in [-0.25, -0.2) is 10.6 Å². The molecule has 0 aromatic heterocycles. The number of ether oxygens (including phenoxy) is 1. The summed E-state index contributed by atoms with van der Waals surface area (Å²) >= 11 is 0. The second kappa shape index (κ2) is 6.36. The number of hydrazine groups is 1. The Morgan fingerprint density at radius 1 is 1.58 bits per heavy atom. The Morgan fingerprint density at radius 3 is 2.75 bits per heavy atom. The molecule has 5 heteroatoms. The molecule has 0 fully saturated rings. The summed E-state index contributed by atoms with van der Waals surface area (Å²) in [5.41, 5.74) is 1.97. The Morgan fingerprint density at radius 2 is 2.25 bits per heavy atom. The van der Waals surface area contributed by atoms with Crippen LogP contribution < -0.4 is 11.3 Å². The van der Waals surface area contributed by atoms with Crippen LogP contribution in [0.2, 0.25) is 0 Å². The smallest absolute Gasteiger partial charge is 0.330 e. The van der Waals surface area contributed by atoms with Gasteiger partial charge in [0.2, 0.25) is 5.91 Å². The molecule has 1 amide bonds. The summed E-state index contributed by atoms with van der Waals surface area (Å²) in [6.07, 6.45) is 1.78. The first-order valence-corrected chi connectivity index (χ1v) is 3.49. The normalized spacial score (nSPS) is 8.75. The average Bonchev–Trinajstić information content (AvgIpc) is 2.11. The molecule has 12 heavy (non-hydrogen) atoms. The lowest BCUT2D eigenvalue weighted by atomic mass is 10.3. The third-order valence-corrected chi connectivity index (χ3v) is 1.12. The predicted molar refractivity (Wildman–Crippen MR) is 42.7 cm³/mol. The number of hydrogen-bond acceptors (Lipinski definition) is 4. The number of hydrogen-bond donors (Lipinski definition) is 2. The van der Waals surface area contributed by atoms with E-state index in [-0.39, 0.29) is 18.9 Å². The maximum atomic E-state index is 10.5. The number of carbonyl (C=O) groups excluding carboxylic acids is 2. The maximum absolute atomic E-state index is 10.5. The van der Waals surface area contributed by atoms with Crippen LogP contribution in [0.5, 0.6) is 0 Å². The van der Waals surface area contributed by atoms with Crippen LogP contribution in [0, 0.1) is 0 Å². The standard InChI is InChI=1S/C7H12N2O3/c1-2-7(11)12-5-3-4-6(10)9-8/h2H,1,3-5,8H2,(H,9,10). The molecule has 0 aromatic rings. The first-order valence-electron chi connectivity index (χ1n) is 3.49. The van der Waals surface area contributed by atoms with E-state index >= 15 is 0 Å². The average molecular weight is 172 g/mol. The second-order valence-corrected chi connectivity index (χ2v) is 2.04. The first-order chi connectivity index (χ1) is 5.70. The van der Waals surface area contributed by atoms with E-state index in [1.165, 1.54) is 0 Å². The summed E-state index contributed by atoms with van der Waals surface area (Å²) in [6.45, 7) is 3.42. The molecule has 0 rings (SSSR count). The zero-order chi connectivity index (χ0) is 9.40. The quantitative estimate of drug-likeness (QED) is 0.146. The van der Waals surface area contributed by atoms with Gasteiger partial charge in [-0.15, -0.1) is 0 Å². The number of carbonyl (C=O) groups is 2. The molecule has 0 saturated heterocycles. The summed E-state index contributed by atoms with van der Waals surface area (Å²) in [6, 6.07) is 0. The van der Waals surface area contributed by atoms with E-state index in [0.29, 0.717) is 6.42 Å². The fraction of sp³-hybridized carbons (Fsp3) is 0.429. The number of nitrogens with one attached hydrogen (secondary N) is 1. The van der Waals surface area contributed by atoms with Crippen molar-refractivity contribution < 1.29 is 14.3 Å². The summed E-state index contributed by atoms with van der Waals surface area (Å²) in [7, 11) is 0. The first kappa shape index (κ1) is 10.6. The number of rotatable bonds is 5. The molecule has 0 spiro atoms. The van der Waals surface area contributed by atoms with Gasteiger partial charge in [0.15, 0.2) is 0 Å². The topological polar surface area (TPSA) is 81.4 Å². The fourth-order valence-corrected chi connectivity index (χ4v) is 0.537. The Balaban J connectivity index is 3.27. The van der Waals surface area contributed by atoms with E-state index in [0.717, 1.165) is 6.08 Å². The van der Waals surface area contributed by atoms with Crippen molar-refractivity contribution >= 4 is 11.9 Å². The molecule has 0 aliphatic heterocycles. The van der Waals surface area contributed by atoms with Crippen LogP contribution in [0.15, 0.2) is 12.7 Å². The van der Waals surface area contributed by atoms with Gasteiger partial charge in [0.1, 0.15) is 0 Å². The minimum absolute atomic E-state index is 0.207. The van der Waals surface area contributed by atoms with E-state index in [2.05, 4.69) is 11.3 Å². The van der Waals surface area contributed by atoms with Crippen LogP contribution in [0.4, 0.5) is 0 Å². The summed E-state index contributed by atoms with van der Waals surface area (Å²) in [5.74, 6) is 4.06. The molecule has 0 saturated carbocycles. The summed E-state index contributed by atoms with van der Waals surface area (Å²) in [4.78, 5) is 21.0. The molecule has 0 radical (unpaired) electrons. The van der Waals surface area contributed by atoms with Gasteiger partial charge in [0, 0.05) is 12.5 Å².